The van der Waals surface area contributed by atoms with Crippen molar-refractivity contribution in [3.63, 3.8) is 0 Å². The maximum absolute atomic E-state index is 12.5. The van der Waals surface area contributed by atoms with Gasteiger partial charge >= 0.3 is 0 Å². The van der Waals surface area contributed by atoms with Gasteiger partial charge in [-0.2, -0.15) is 0 Å². The number of carbonyl (C=O) groups excluding carboxylic acids is 1. The molecule has 0 atom stereocenters. The lowest BCUT2D eigenvalue weighted by Gasteiger charge is -2.36. The van der Waals surface area contributed by atoms with E-state index in [4.69, 9.17) is 9.47 Å². The molecule has 1 aromatic rings. The smallest absolute Gasteiger partial charge is 0.252 e. The number of nitrogens with one attached hydrogen (secondary N) is 1. The highest BCUT2D eigenvalue weighted by Crippen LogP contribution is 2.21. The summed E-state index contributed by atoms with van der Waals surface area (Å²) < 4.78 is 10.4. The lowest BCUT2D eigenvalue weighted by Crippen LogP contribution is -2.54. The summed E-state index contributed by atoms with van der Waals surface area (Å²) >= 11 is 0. The molecule has 1 amide bonds. The van der Waals surface area contributed by atoms with Crippen LogP contribution in [-0.2, 0) is 16.1 Å². The van der Waals surface area contributed by atoms with Crippen LogP contribution in [0.15, 0.2) is 24.3 Å². The van der Waals surface area contributed by atoms with Gasteiger partial charge in [0.2, 0.25) is 0 Å². The van der Waals surface area contributed by atoms with Gasteiger partial charge in [-0.3, -0.25) is 4.79 Å². The van der Waals surface area contributed by atoms with Crippen molar-refractivity contribution in [3.8, 4) is 0 Å². The van der Waals surface area contributed by atoms with Crippen molar-refractivity contribution in [3.05, 3.63) is 35.4 Å². The van der Waals surface area contributed by atoms with Crippen LogP contribution in [-0.4, -0.2) is 43.5 Å². The number of hydrogen-bond acceptors (Lipinski definition) is 4. The van der Waals surface area contributed by atoms with E-state index < -0.39 is 5.54 Å². The third-order valence-corrected chi connectivity index (χ3v) is 3.69. The van der Waals surface area contributed by atoms with Crippen LogP contribution in [0.2, 0.25) is 0 Å². The molecule has 2 rings (SSSR count). The number of hydrogen-bond donors (Lipinski definition) is 2. The average Bonchev–Trinajstić information content (AvgIpc) is 2.49. The first-order valence-corrected chi connectivity index (χ1v) is 6.79. The van der Waals surface area contributed by atoms with Crippen LogP contribution in [0.3, 0.4) is 0 Å². The van der Waals surface area contributed by atoms with Gasteiger partial charge in [-0.05, 0) is 24.5 Å². The summed E-state index contributed by atoms with van der Waals surface area (Å²) in [7, 11) is 1.60. The molecule has 1 aliphatic heterocycles. The van der Waals surface area contributed by atoms with Gasteiger partial charge in [-0.1, -0.05) is 18.2 Å². The van der Waals surface area contributed by atoms with Crippen LogP contribution in [0, 0.1) is 0 Å². The molecule has 0 radical (unpaired) electrons. The Labute approximate surface area is 118 Å². The van der Waals surface area contributed by atoms with Crippen LogP contribution in [0.25, 0.3) is 0 Å². The number of carbonyl (C=O) groups is 1. The van der Waals surface area contributed by atoms with Crippen LogP contribution in [0.1, 0.15) is 28.8 Å². The van der Waals surface area contributed by atoms with E-state index in [9.17, 15) is 9.90 Å². The molecule has 0 aromatic heterocycles. The molecular formula is C15H21NO4. The summed E-state index contributed by atoms with van der Waals surface area (Å²) in [5, 5.41) is 12.6. The normalized spacial score (nSPS) is 17.7. The number of aliphatic hydroxyl groups excluding tert-OH is 1. The molecule has 5 heteroatoms. The lowest BCUT2D eigenvalue weighted by molar-refractivity contribution is 0.0125. The van der Waals surface area contributed by atoms with Crippen molar-refractivity contribution in [1.82, 2.24) is 5.32 Å². The van der Waals surface area contributed by atoms with Gasteiger partial charge in [0, 0.05) is 25.9 Å². The van der Waals surface area contributed by atoms with E-state index in [1.165, 1.54) is 0 Å². The molecule has 2 N–H and O–H groups in total. The number of rotatable bonds is 5. The predicted molar refractivity (Wildman–Crippen MR) is 74.5 cm³/mol. The minimum absolute atomic E-state index is 0.0749. The number of aliphatic hydroxyl groups is 1. The molecule has 1 fully saturated rings. The van der Waals surface area contributed by atoms with Gasteiger partial charge in [-0.25, -0.2) is 0 Å². The van der Waals surface area contributed by atoms with Gasteiger partial charge in [0.15, 0.2) is 0 Å². The zero-order valence-electron chi connectivity index (χ0n) is 11.7. The number of amides is 1. The van der Waals surface area contributed by atoms with Crippen molar-refractivity contribution in [2.75, 3.05) is 26.9 Å². The van der Waals surface area contributed by atoms with Crippen LogP contribution in [0.4, 0.5) is 0 Å². The highest BCUT2D eigenvalue weighted by atomic mass is 16.5. The SMILES string of the molecule is COCc1ccccc1C(=O)NC1(CO)CCOCC1. The van der Waals surface area contributed by atoms with E-state index in [0.29, 0.717) is 38.2 Å². The van der Waals surface area contributed by atoms with E-state index in [0.717, 1.165) is 5.56 Å². The van der Waals surface area contributed by atoms with Gasteiger partial charge in [0.1, 0.15) is 0 Å². The number of methoxy groups -OCH3 is 1. The van der Waals surface area contributed by atoms with Crippen molar-refractivity contribution in [1.29, 1.82) is 0 Å². The zero-order valence-corrected chi connectivity index (χ0v) is 11.7. The fraction of sp³-hybridized carbons (Fsp3) is 0.533. The zero-order chi connectivity index (χ0) is 14.4. The van der Waals surface area contributed by atoms with Crippen molar-refractivity contribution >= 4 is 5.91 Å². The second-order valence-electron chi connectivity index (χ2n) is 5.10. The van der Waals surface area contributed by atoms with E-state index in [2.05, 4.69) is 5.32 Å². The molecule has 5 nitrogen and oxygen atoms in total. The lowest BCUT2D eigenvalue weighted by atomic mass is 9.90. The fourth-order valence-corrected chi connectivity index (χ4v) is 2.42. The predicted octanol–water partition coefficient (Wildman–Crippen LogP) is 1.10. The molecule has 1 saturated heterocycles. The first-order chi connectivity index (χ1) is 9.71. The molecular weight excluding hydrogens is 258 g/mol. The Morgan fingerprint density at radius 2 is 2.10 bits per heavy atom. The van der Waals surface area contributed by atoms with E-state index in [1.807, 2.05) is 18.2 Å². The van der Waals surface area contributed by atoms with Gasteiger partial charge in [0.25, 0.3) is 5.91 Å². The summed E-state index contributed by atoms with van der Waals surface area (Å²) in [4.78, 5) is 12.5. The second kappa shape index (κ2) is 6.83. The molecule has 1 aromatic carbocycles. The third-order valence-electron chi connectivity index (χ3n) is 3.69. The Morgan fingerprint density at radius 3 is 2.75 bits per heavy atom. The average molecular weight is 279 g/mol. The second-order valence-corrected chi connectivity index (χ2v) is 5.10. The van der Waals surface area contributed by atoms with Crippen molar-refractivity contribution < 1.29 is 19.4 Å². The van der Waals surface area contributed by atoms with Crippen LogP contribution < -0.4 is 5.32 Å². The minimum atomic E-state index is -0.574. The Balaban J connectivity index is 2.14. The molecule has 0 aliphatic carbocycles. The summed E-state index contributed by atoms with van der Waals surface area (Å²) in [6, 6.07) is 7.34. The quantitative estimate of drug-likeness (QED) is 0.847. The standard InChI is InChI=1S/C15H21NO4/c1-19-10-12-4-2-3-5-13(12)14(18)16-15(11-17)6-8-20-9-7-15/h2-5,17H,6-11H2,1H3,(H,16,18). The largest absolute Gasteiger partial charge is 0.394 e. The molecule has 1 heterocycles. The first kappa shape index (κ1) is 15.0. The first-order valence-electron chi connectivity index (χ1n) is 6.79. The molecule has 20 heavy (non-hydrogen) atoms. The monoisotopic (exact) mass is 279 g/mol. The summed E-state index contributed by atoms with van der Waals surface area (Å²) in [5.74, 6) is -0.173. The topological polar surface area (TPSA) is 67.8 Å². The van der Waals surface area contributed by atoms with Gasteiger partial charge < -0.3 is 19.9 Å². The molecule has 110 valence electrons. The third kappa shape index (κ3) is 3.36. The highest BCUT2D eigenvalue weighted by Gasteiger charge is 2.34. The molecule has 0 spiro atoms. The Hall–Kier alpha value is -1.43. The Bertz CT molecular complexity index is 455. The molecule has 0 bridgehead atoms. The minimum Gasteiger partial charge on any atom is -0.394 e. The summed E-state index contributed by atoms with van der Waals surface area (Å²) in [5.41, 5.74) is 0.858. The van der Waals surface area contributed by atoms with Gasteiger partial charge in [0.05, 0.1) is 18.8 Å². The van der Waals surface area contributed by atoms with Crippen LogP contribution >= 0.6 is 0 Å². The maximum atomic E-state index is 12.5. The van der Waals surface area contributed by atoms with Crippen molar-refractivity contribution in [2.24, 2.45) is 0 Å². The van der Waals surface area contributed by atoms with E-state index >= 15 is 0 Å². The highest BCUT2D eigenvalue weighted by molar-refractivity contribution is 5.96. The molecule has 0 unspecified atom stereocenters. The van der Waals surface area contributed by atoms with E-state index in [-0.39, 0.29) is 12.5 Å². The van der Waals surface area contributed by atoms with E-state index in [1.54, 1.807) is 13.2 Å². The Morgan fingerprint density at radius 1 is 1.40 bits per heavy atom. The van der Waals surface area contributed by atoms with Crippen molar-refractivity contribution in [2.45, 2.75) is 25.0 Å². The maximum Gasteiger partial charge on any atom is 0.252 e. The van der Waals surface area contributed by atoms with Crippen LogP contribution in [0.5, 0.6) is 0 Å². The van der Waals surface area contributed by atoms with Gasteiger partial charge in [-0.15, -0.1) is 0 Å². The Kier molecular flexibility index (Phi) is 5.11. The summed E-state index contributed by atoms with van der Waals surface area (Å²) in [6.07, 6.45) is 1.25. The number of benzene rings is 1. The molecule has 1 aliphatic rings. The molecule has 0 saturated carbocycles. The summed E-state index contributed by atoms with van der Waals surface area (Å²) in [6.45, 7) is 1.43. The number of ether oxygens (including phenoxy) is 2. The fourth-order valence-electron chi connectivity index (χ4n) is 2.42.